The highest BCUT2D eigenvalue weighted by Gasteiger charge is 2.30. The number of unbranched alkanes of at least 4 members (excludes halogenated alkanes) is 1. The van der Waals surface area contributed by atoms with E-state index in [4.69, 9.17) is 11.6 Å². The van der Waals surface area contributed by atoms with Gasteiger partial charge in [-0.25, -0.2) is 8.42 Å². The van der Waals surface area contributed by atoms with Crippen LogP contribution in [0.2, 0.25) is 5.02 Å². The van der Waals surface area contributed by atoms with Crippen molar-refractivity contribution in [2.75, 3.05) is 23.7 Å². The Balaban J connectivity index is 1.88. The van der Waals surface area contributed by atoms with Gasteiger partial charge in [-0.15, -0.1) is 0 Å². The Hall–Kier alpha value is -2.88. The maximum atomic E-state index is 13.9. The molecule has 0 radical (unpaired) electrons. The molecule has 0 fully saturated rings. The van der Waals surface area contributed by atoms with Crippen LogP contribution in [0.4, 0.5) is 5.69 Å². The summed E-state index contributed by atoms with van der Waals surface area (Å²) in [6.45, 7) is 4.75. The molecule has 0 aliphatic heterocycles. The Labute approximate surface area is 263 Å². The summed E-state index contributed by atoms with van der Waals surface area (Å²) in [5, 5.41) is 3.45. The van der Waals surface area contributed by atoms with Crippen molar-refractivity contribution in [2.45, 2.75) is 58.5 Å². The Morgan fingerprint density at radius 3 is 2.31 bits per heavy atom. The summed E-state index contributed by atoms with van der Waals surface area (Å²) in [4.78, 5) is 29.1. The van der Waals surface area contributed by atoms with Crippen LogP contribution in [0.5, 0.6) is 0 Å². The summed E-state index contributed by atoms with van der Waals surface area (Å²) in [6, 6.07) is 21.7. The lowest BCUT2D eigenvalue weighted by molar-refractivity contribution is -0.141. The highest BCUT2D eigenvalue weighted by atomic mass is 79.9. The van der Waals surface area contributed by atoms with E-state index in [0.29, 0.717) is 23.7 Å². The van der Waals surface area contributed by atoms with Crippen LogP contribution in [0.3, 0.4) is 0 Å². The van der Waals surface area contributed by atoms with Crippen molar-refractivity contribution in [3.8, 4) is 0 Å². The molecule has 0 aromatic heterocycles. The minimum Gasteiger partial charge on any atom is -0.354 e. The van der Waals surface area contributed by atoms with E-state index < -0.39 is 16.1 Å². The van der Waals surface area contributed by atoms with E-state index in [0.717, 1.165) is 40.3 Å². The molecule has 0 aliphatic rings. The summed E-state index contributed by atoms with van der Waals surface area (Å²) in [6.07, 6.45) is 3.62. The van der Waals surface area contributed by atoms with Gasteiger partial charge >= 0.3 is 0 Å². The van der Waals surface area contributed by atoms with Crippen LogP contribution >= 0.6 is 27.5 Å². The van der Waals surface area contributed by atoms with Gasteiger partial charge in [0, 0.05) is 42.0 Å². The van der Waals surface area contributed by atoms with Gasteiger partial charge in [0.15, 0.2) is 0 Å². The van der Waals surface area contributed by atoms with Gasteiger partial charge in [0.2, 0.25) is 21.8 Å². The molecular weight excluding hydrogens is 638 g/mol. The first-order chi connectivity index (χ1) is 20.0. The van der Waals surface area contributed by atoms with Crippen molar-refractivity contribution < 1.29 is 18.0 Å². The third kappa shape index (κ3) is 10.1. The van der Waals surface area contributed by atoms with E-state index in [1.807, 2.05) is 61.5 Å². The van der Waals surface area contributed by atoms with Crippen LogP contribution in [0.1, 0.15) is 49.3 Å². The summed E-state index contributed by atoms with van der Waals surface area (Å²) in [5.41, 5.74) is 3.08. The van der Waals surface area contributed by atoms with Gasteiger partial charge in [-0.1, -0.05) is 89.4 Å². The molecule has 1 atom stereocenters. The number of carbonyl (C=O) groups is 2. The number of hydrogen-bond donors (Lipinski definition) is 1. The minimum atomic E-state index is -3.63. The number of carbonyl (C=O) groups excluding carboxylic acids is 2. The summed E-state index contributed by atoms with van der Waals surface area (Å²) in [5.74, 6) is -0.425. The fourth-order valence-electron chi connectivity index (χ4n) is 4.68. The fourth-order valence-corrected chi connectivity index (χ4v) is 6.13. The van der Waals surface area contributed by atoms with Crippen LogP contribution in [0.15, 0.2) is 77.3 Å². The molecule has 42 heavy (non-hydrogen) atoms. The fraction of sp³-hybridized carbons (Fsp3) is 0.375. The van der Waals surface area contributed by atoms with E-state index in [-0.39, 0.29) is 37.7 Å². The molecule has 3 rings (SSSR count). The Morgan fingerprint density at radius 2 is 1.67 bits per heavy atom. The third-order valence-corrected chi connectivity index (χ3v) is 8.90. The van der Waals surface area contributed by atoms with Gasteiger partial charge < -0.3 is 10.2 Å². The average molecular weight is 677 g/mol. The molecule has 0 bridgehead atoms. The lowest BCUT2D eigenvalue weighted by atomic mass is 10.0. The van der Waals surface area contributed by atoms with Crippen molar-refractivity contribution in [3.05, 3.63) is 99.0 Å². The molecule has 3 aromatic rings. The monoisotopic (exact) mass is 675 g/mol. The number of amides is 2. The van der Waals surface area contributed by atoms with Gasteiger partial charge in [0.25, 0.3) is 0 Å². The summed E-state index contributed by atoms with van der Waals surface area (Å²) < 4.78 is 27.7. The van der Waals surface area contributed by atoms with Gasteiger partial charge in [-0.3, -0.25) is 13.9 Å². The second kappa shape index (κ2) is 16.1. The Bertz CT molecular complexity index is 1440. The highest BCUT2D eigenvalue weighted by Crippen LogP contribution is 2.27. The van der Waals surface area contributed by atoms with Gasteiger partial charge in [-0.05, 0) is 60.7 Å². The van der Waals surface area contributed by atoms with Gasteiger partial charge in [0.1, 0.15) is 6.04 Å². The number of hydrogen-bond acceptors (Lipinski definition) is 4. The van der Waals surface area contributed by atoms with E-state index in [1.54, 1.807) is 23.1 Å². The Kier molecular flexibility index (Phi) is 12.9. The normalized spacial score (nSPS) is 12.0. The predicted molar refractivity (Wildman–Crippen MR) is 174 cm³/mol. The van der Waals surface area contributed by atoms with Crippen LogP contribution in [-0.2, 0) is 32.6 Å². The number of benzene rings is 3. The first kappa shape index (κ1) is 33.6. The summed E-state index contributed by atoms with van der Waals surface area (Å²) >= 11 is 9.64. The number of nitrogens with one attached hydrogen (secondary N) is 1. The zero-order chi connectivity index (χ0) is 30.7. The number of nitrogens with zero attached hydrogens (tertiary/aromatic N) is 2. The van der Waals surface area contributed by atoms with Crippen molar-refractivity contribution in [2.24, 2.45) is 0 Å². The highest BCUT2D eigenvalue weighted by molar-refractivity contribution is 9.10. The second-order valence-corrected chi connectivity index (χ2v) is 13.6. The van der Waals surface area contributed by atoms with E-state index in [2.05, 4.69) is 28.2 Å². The van der Waals surface area contributed by atoms with E-state index in [9.17, 15) is 18.0 Å². The van der Waals surface area contributed by atoms with Crippen molar-refractivity contribution in [1.82, 2.24) is 10.2 Å². The van der Waals surface area contributed by atoms with Gasteiger partial charge in [0.05, 0.1) is 11.9 Å². The SMILES string of the molecule is CCCCNC(=O)[C@H](Cc1ccccc1)N(Cc1ccc(Br)cc1)C(=O)CCCN(c1cc(Cl)ccc1C)S(C)(=O)=O. The molecule has 10 heteroatoms. The van der Waals surface area contributed by atoms with Crippen molar-refractivity contribution >= 4 is 55.1 Å². The molecule has 0 saturated heterocycles. The number of aryl methyl sites for hydroxylation is 1. The molecule has 7 nitrogen and oxygen atoms in total. The van der Waals surface area contributed by atoms with Gasteiger partial charge in [-0.2, -0.15) is 0 Å². The molecule has 0 saturated carbocycles. The second-order valence-electron chi connectivity index (χ2n) is 10.4. The lowest BCUT2D eigenvalue weighted by Crippen LogP contribution is -2.50. The molecule has 0 unspecified atom stereocenters. The number of halogens is 2. The third-order valence-electron chi connectivity index (χ3n) is 6.96. The molecule has 0 heterocycles. The zero-order valence-electron chi connectivity index (χ0n) is 24.4. The van der Waals surface area contributed by atoms with Crippen LogP contribution in [0.25, 0.3) is 0 Å². The van der Waals surface area contributed by atoms with Crippen molar-refractivity contribution in [3.63, 3.8) is 0 Å². The van der Waals surface area contributed by atoms with Crippen LogP contribution in [-0.4, -0.2) is 50.5 Å². The molecule has 2 amide bonds. The Morgan fingerprint density at radius 1 is 0.976 bits per heavy atom. The smallest absolute Gasteiger partial charge is 0.243 e. The molecule has 0 spiro atoms. The summed E-state index contributed by atoms with van der Waals surface area (Å²) in [7, 11) is -3.63. The first-order valence-corrected chi connectivity index (χ1v) is 17.1. The minimum absolute atomic E-state index is 0.0652. The molecule has 226 valence electrons. The number of anilines is 1. The molecule has 0 aliphatic carbocycles. The zero-order valence-corrected chi connectivity index (χ0v) is 27.5. The topological polar surface area (TPSA) is 86.8 Å². The average Bonchev–Trinajstić information content (AvgIpc) is 2.95. The maximum Gasteiger partial charge on any atom is 0.243 e. The maximum absolute atomic E-state index is 13.9. The predicted octanol–water partition coefficient (Wildman–Crippen LogP) is 6.51. The lowest BCUT2D eigenvalue weighted by Gasteiger charge is -2.32. The first-order valence-electron chi connectivity index (χ1n) is 14.1. The number of rotatable bonds is 15. The van der Waals surface area contributed by atoms with E-state index in [1.165, 1.54) is 4.31 Å². The molecule has 1 N–H and O–H groups in total. The largest absolute Gasteiger partial charge is 0.354 e. The molecule has 3 aromatic carbocycles. The van der Waals surface area contributed by atoms with E-state index >= 15 is 0 Å². The van der Waals surface area contributed by atoms with Crippen molar-refractivity contribution in [1.29, 1.82) is 0 Å². The number of sulfonamides is 1. The van der Waals surface area contributed by atoms with Crippen LogP contribution in [0, 0.1) is 6.92 Å². The standard InChI is InChI=1S/C32H39BrClN3O4S/c1-4-5-19-35-32(39)30(21-25-10-7-6-8-11-25)36(23-26-14-16-27(33)17-15-26)31(38)12-9-20-37(42(3,40)41)29-22-28(34)18-13-24(29)2/h6-8,10-11,13-18,22,30H,4-5,9,12,19-21,23H2,1-3H3,(H,35,39)/t30-/m0/s1. The van der Waals surface area contributed by atoms with Crippen LogP contribution < -0.4 is 9.62 Å². The quantitative estimate of drug-likeness (QED) is 0.186. The molecular formula is C32H39BrClN3O4S.